The Morgan fingerprint density at radius 1 is 1.40 bits per heavy atom. The number of carbonyl (C=O) groups is 1. The van der Waals surface area contributed by atoms with Gasteiger partial charge in [0.25, 0.3) is 5.91 Å². The molecule has 0 aliphatic rings. The number of aryl methyl sites for hydroxylation is 2. The lowest BCUT2D eigenvalue weighted by Gasteiger charge is -2.08. The largest absolute Gasteiger partial charge is 0.383 e. The van der Waals surface area contributed by atoms with E-state index in [0.29, 0.717) is 10.7 Å². The maximum absolute atomic E-state index is 12.3. The van der Waals surface area contributed by atoms with Crippen molar-refractivity contribution in [1.82, 2.24) is 9.97 Å². The Morgan fingerprint density at radius 3 is 2.85 bits per heavy atom. The molecule has 0 unspecified atom stereocenters. The fourth-order valence-corrected chi connectivity index (χ4v) is 2.80. The fourth-order valence-electron chi connectivity index (χ4n) is 1.90. The molecule has 0 aliphatic carbocycles. The molecule has 0 saturated carbocycles. The predicted molar refractivity (Wildman–Crippen MR) is 82.6 cm³/mol. The van der Waals surface area contributed by atoms with Crippen molar-refractivity contribution in [3.8, 4) is 0 Å². The van der Waals surface area contributed by atoms with Crippen LogP contribution >= 0.6 is 11.3 Å². The van der Waals surface area contributed by atoms with Gasteiger partial charge in [0.1, 0.15) is 0 Å². The molecule has 6 heteroatoms. The smallest absolute Gasteiger partial charge is 0.259 e. The van der Waals surface area contributed by atoms with Crippen LogP contribution in [0.1, 0.15) is 34.8 Å². The molecule has 0 bridgehead atoms. The zero-order valence-corrected chi connectivity index (χ0v) is 12.7. The fraction of sp³-hybridized carbons (Fsp3) is 0.357. The number of nitrogens with one attached hydrogen (secondary N) is 2. The Hall–Kier alpha value is -1.95. The molecule has 2 aromatic heterocycles. The lowest BCUT2D eigenvalue weighted by atomic mass is 10.2. The molecule has 0 aliphatic heterocycles. The molecule has 0 atom stereocenters. The molecule has 2 heterocycles. The Kier molecular flexibility index (Phi) is 4.68. The van der Waals surface area contributed by atoms with Crippen molar-refractivity contribution >= 4 is 28.1 Å². The Labute approximate surface area is 122 Å². The molecule has 0 spiro atoms. The first-order chi connectivity index (χ1) is 9.65. The highest BCUT2D eigenvalue weighted by Crippen LogP contribution is 2.23. The average Bonchev–Trinajstić information content (AvgIpc) is 2.79. The van der Waals surface area contributed by atoms with E-state index in [-0.39, 0.29) is 5.91 Å². The molecule has 2 N–H and O–H groups in total. The molecule has 0 aromatic carbocycles. The first-order valence-electron chi connectivity index (χ1n) is 6.61. The van der Waals surface area contributed by atoms with E-state index < -0.39 is 0 Å². The molecule has 0 radical (unpaired) electrons. The van der Waals surface area contributed by atoms with Gasteiger partial charge in [-0.1, -0.05) is 6.92 Å². The summed E-state index contributed by atoms with van der Waals surface area (Å²) in [6.07, 6.45) is 4.14. The van der Waals surface area contributed by atoms with E-state index in [1.165, 1.54) is 11.3 Å². The van der Waals surface area contributed by atoms with Crippen molar-refractivity contribution in [2.45, 2.75) is 27.2 Å². The van der Waals surface area contributed by atoms with Gasteiger partial charge in [0.2, 0.25) is 0 Å². The Bertz CT molecular complexity index is 609. The van der Waals surface area contributed by atoms with Crippen molar-refractivity contribution in [1.29, 1.82) is 0 Å². The number of carbonyl (C=O) groups excluding carboxylic acids is 1. The first-order valence-corrected chi connectivity index (χ1v) is 7.42. The Balaban J connectivity index is 2.19. The van der Waals surface area contributed by atoms with Crippen LogP contribution < -0.4 is 10.6 Å². The highest BCUT2D eigenvalue weighted by atomic mass is 32.1. The van der Waals surface area contributed by atoms with E-state index in [2.05, 4.69) is 27.5 Å². The monoisotopic (exact) mass is 290 g/mol. The van der Waals surface area contributed by atoms with E-state index in [0.717, 1.165) is 29.2 Å². The molecule has 0 fully saturated rings. The lowest BCUT2D eigenvalue weighted by molar-refractivity contribution is 0.102. The van der Waals surface area contributed by atoms with Crippen LogP contribution in [0.2, 0.25) is 0 Å². The van der Waals surface area contributed by atoms with Gasteiger partial charge in [-0.15, -0.1) is 11.3 Å². The Morgan fingerprint density at radius 2 is 2.20 bits per heavy atom. The number of hydrogen-bond donors (Lipinski definition) is 2. The molecule has 20 heavy (non-hydrogen) atoms. The van der Waals surface area contributed by atoms with Crippen molar-refractivity contribution in [2.24, 2.45) is 0 Å². The van der Waals surface area contributed by atoms with Crippen LogP contribution in [0.15, 0.2) is 18.5 Å². The van der Waals surface area contributed by atoms with Gasteiger partial charge in [-0.3, -0.25) is 15.1 Å². The third kappa shape index (κ3) is 3.14. The zero-order chi connectivity index (χ0) is 14.5. The van der Waals surface area contributed by atoms with E-state index in [1.54, 1.807) is 18.5 Å². The van der Waals surface area contributed by atoms with Gasteiger partial charge in [-0.2, -0.15) is 0 Å². The lowest BCUT2D eigenvalue weighted by Crippen LogP contribution is -2.15. The second kappa shape index (κ2) is 6.47. The van der Waals surface area contributed by atoms with E-state index in [4.69, 9.17) is 0 Å². The zero-order valence-electron chi connectivity index (χ0n) is 11.9. The van der Waals surface area contributed by atoms with Crippen LogP contribution in [-0.2, 0) is 6.42 Å². The first kappa shape index (κ1) is 14.5. The predicted octanol–water partition coefficient (Wildman–Crippen LogP) is 3.09. The van der Waals surface area contributed by atoms with Crippen molar-refractivity contribution < 1.29 is 4.79 Å². The number of anilines is 2. The number of aromatic nitrogens is 2. The number of hydrogen-bond acceptors (Lipinski definition) is 5. The molecule has 2 rings (SSSR count). The van der Waals surface area contributed by atoms with Crippen LogP contribution in [0.4, 0.5) is 10.8 Å². The molecule has 5 nitrogen and oxygen atoms in total. The third-order valence-corrected chi connectivity index (χ3v) is 3.81. The van der Waals surface area contributed by atoms with Crippen molar-refractivity contribution in [2.75, 3.05) is 17.2 Å². The maximum Gasteiger partial charge on any atom is 0.259 e. The minimum absolute atomic E-state index is 0.167. The quantitative estimate of drug-likeness (QED) is 0.888. The summed E-state index contributed by atoms with van der Waals surface area (Å²) in [6.45, 7) is 6.79. The minimum Gasteiger partial charge on any atom is -0.383 e. The summed E-state index contributed by atoms with van der Waals surface area (Å²) < 4.78 is 0. The van der Waals surface area contributed by atoms with Gasteiger partial charge < -0.3 is 5.32 Å². The van der Waals surface area contributed by atoms with Crippen LogP contribution in [0.3, 0.4) is 0 Å². The molecule has 0 saturated heterocycles. The molecule has 106 valence electrons. The average molecular weight is 290 g/mol. The minimum atomic E-state index is -0.167. The number of amides is 1. The number of nitrogens with zero attached hydrogens (tertiary/aromatic N) is 2. The number of rotatable bonds is 5. The summed E-state index contributed by atoms with van der Waals surface area (Å²) in [7, 11) is 0. The molecular weight excluding hydrogens is 272 g/mol. The van der Waals surface area contributed by atoms with Gasteiger partial charge in [0.15, 0.2) is 5.13 Å². The summed E-state index contributed by atoms with van der Waals surface area (Å²) >= 11 is 1.50. The summed E-state index contributed by atoms with van der Waals surface area (Å²) in [5.74, 6) is -0.167. The van der Waals surface area contributed by atoms with Crippen LogP contribution in [0.25, 0.3) is 0 Å². The van der Waals surface area contributed by atoms with Crippen LogP contribution in [-0.4, -0.2) is 22.4 Å². The van der Waals surface area contributed by atoms with Gasteiger partial charge in [-0.05, 0) is 26.3 Å². The third-order valence-electron chi connectivity index (χ3n) is 2.88. The van der Waals surface area contributed by atoms with E-state index in [1.807, 2.05) is 13.8 Å². The normalized spacial score (nSPS) is 10.3. The SMILES string of the molecule is CCNc1cnccc1C(=O)Nc1nc(CC)c(C)s1. The standard InChI is InChI=1S/C14H18N4OS/c1-4-11-9(3)20-14(17-11)18-13(19)10-6-7-15-8-12(10)16-5-2/h6-8,16H,4-5H2,1-3H3,(H,17,18,19). The van der Waals surface area contributed by atoms with Gasteiger partial charge >= 0.3 is 0 Å². The number of pyridine rings is 1. The maximum atomic E-state index is 12.3. The molecule has 2 aromatic rings. The summed E-state index contributed by atoms with van der Waals surface area (Å²) in [6, 6.07) is 1.70. The number of thiazole rings is 1. The van der Waals surface area contributed by atoms with Crippen LogP contribution in [0.5, 0.6) is 0 Å². The second-order valence-corrected chi connectivity index (χ2v) is 5.48. The highest BCUT2D eigenvalue weighted by Gasteiger charge is 2.14. The summed E-state index contributed by atoms with van der Waals surface area (Å²) in [4.78, 5) is 21.9. The van der Waals surface area contributed by atoms with Gasteiger partial charge in [0, 0.05) is 17.6 Å². The highest BCUT2D eigenvalue weighted by molar-refractivity contribution is 7.15. The van der Waals surface area contributed by atoms with E-state index in [9.17, 15) is 4.79 Å². The van der Waals surface area contributed by atoms with Gasteiger partial charge in [-0.25, -0.2) is 4.98 Å². The summed E-state index contributed by atoms with van der Waals surface area (Å²) in [5, 5.41) is 6.63. The topological polar surface area (TPSA) is 66.9 Å². The van der Waals surface area contributed by atoms with Gasteiger partial charge in [0.05, 0.1) is 23.1 Å². The van der Waals surface area contributed by atoms with Crippen LogP contribution in [0, 0.1) is 6.92 Å². The van der Waals surface area contributed by atoms with Crippen molar-refractivity contribution in [3.05, 3.63) is 34.6 Å². The second-order valence-electron chi connectivity index (χ2n) is 4.28. The van der Waals surface area contributed by atoms with Crippen molar-refractivity contribution in [3.63, 3.8) is 0 Å². The molecule has 1 amide bonds. The molecular formula is C14H18N4OS. The van der Waals surface area contributed by atoms with E-state index >= 15 is 0 Å². The summed E-state index contributed by atoms with van der Waals surface area (Å²) in [5.41, 5.74) is 2.34.